The number of nitrogens with zero attached hydrogens (tertiary/aromatic N) is 2. The largest absolute Gasteiger partial charge is 0.458 e. The molecule has 0 unspecified atom stereocenters. The molecule has 0 spiro atoms. The Morgan fingerprint density at radius 3 is 1.30 bits per heavy atom. The standard InChI is InChI=1S/C10F8N2/c11-6-3(1-19)5(9(14,15)10(16,17)18)4(2-20)7(12)8(6)13. The highest BCUT2D eigenvalue weighted by Gasteiger charge is 2.61. The summed E-state index contributed by atoms with van der Waals surface area (Å²) in [6, 6.07) is 1.14. The van der Waals surface area contributed by atoms with E-state index in [2.05, 4.69) is 0 Å². The quantitative estimate of drug-likeness (QED) is 0.588. The second-order valence-corrected chi connectivity index (χ2v) is 3.36. The summed E-state index contributed by atoms with van der Waals surface area (Å²) in [7, 11) is 0. The van der Waals surface area contributed by atoms with Gasteiger partial charge in [0.2, 0.25) is 0 Å². The molecule has 0 aliphatic carbocycles. The fraction of sp³-hybridized carbons (Fsp3) is 0.200. The molecule has 1 aromatic carbocycles. The van der Waals surface area contributed by atoms with Gasteiger partial charge in [0, 0.05) is 0 Å². The van der Waals surface area contributed by atoms with E-state index in [1.807, 2.05) is 0 Å². The molecule has 0 radical (unpaired) electrons. The van der Waals surface area contributed by atoms with Crippen LogP contribution in [-0.4, -0.2) is 6.18 Å². The van der Waals surface area contributed by atoms with Gasteiger partial charge in [0.1, 0.15) is 23.3 Å². The number of nitriles is 2. The van der Waals surface area contributed by atoms with Crippen molar-refractivity contribution in [3.05, 3.63) is 34.1 Å². The molecule has 0 heterocycles. The second-order valence-electron chi connectivity index (χ2n) is 3.36. The number of hydrogen-bond acceptors (Lipinski definition) is 2. The molecule has 0 saturated carbocycles. The summed E-state index contributed by atoms with van der Waals surface area (Å²) in [5.74, 6) is -13.4. The zero-order valence-electron chi connectivity index (χ0n) is 8.92. The zero-order chi connectivity index (χ0) is 15.9. The topological polar surface area (TPSA) is 47.6 Å². The first-order chi connectivity index (χ1) is 9.00. The fourth-order valence-corrected chi connectivity index (χ4v) is 1.33. The van der Waals surface area contributed by atoms with Crippen molar-refractivity contribution in [1.29, 1.82) is 10.5 Å². The van der Waals surface area contributed by atoms with Crippen molar-refractivity contribution < 1.29 is 35.1 Å². The maximum atomic E-state index is 13.2. The maximum Gasteiger partial charge on any atom is 0.458 e. The predicted molar refractivity (Wildman–Crippen MR) is 45.7 cm³/mol. The van der Waals surface area contributed by atoms with E-state index in [9.17, 15) is 35.1 Å². The zero-order valence-corrected chi connectivity index (χ0v) is 8.92. The Hall–Kier alpha value is -2.36. The highest BCUT2D eigenvalue weighted by Crippen LogP contribution is 2.47. The van der Waals surface area contributed by atoms with Crippen molar-refractivity contribution in [2.45, 2.75) is 12.1 Å². The van der Waals surface area contributed by atoms with E-state index in [1.54, 1.807) is 0 Å². The molecular formula is C10F8N2. The van der Waals surface area contributed by atoms with Gasteiger partial charge in [-0.2, -0.15) is 32.5 Å². The Morgan fingerprint density at radius 2 is 1.05 bits per heavy atom. The smallest absolute Gasteiger partial charge is 0.202 e. The first-order valence-electron chi connectivity index (χ1n) is 4.46. The van der Waals surface area contributed by atoms with Crippen LogP contribution < -0.4 is 0 Å². The summed E-state index contributed by atoms with van der Waals surface area (Å²) in [6.07, 6.45) is -6.33. The van der Waals surface area contributed by atoms with Gasteiger partial charge >= 0.3 is 12.1 Å². The van der Waals surface area contributed by atoms with E-state index in [1.165, 1.54) is 0 Å². The molecule has 0 amide bonds. The van der Waals surface area contributed by atoms with E-state index < -0.39 is 46.2 Å². The highest BCUT2D eigenvalue weighted by molar-refractivity contribution is 5.53. The fourth-order valence-electron chi connectivity index (χ4n) is 1.33. The Labute approximate surface area is 105 Å². The third-order valence-electron chi connectivity index (χ3n) is 2.22. The van der Waals surface area contributed by atoms with Crippen LogP contribution in [-0.2, 0) is 5.92 Å². The van der Waals surface area contributed by atoms with Crippen molar-refractivity contribution >= 4 is 0 Å². The molecule has 0 N–H and O–H groups in total. The normalized spacial score (nSPS) is 11.9. The summed E-state index contributed by atoms with van der Waals surface area (Å²) in [5, 5.41) is 16.7. The molecule has 106 valence electrons. The third kappa shape index (κ3) is 2.03. The number of benzene rings is 1. The van der Waals surface area contributed by atoms with Crippen LogP contribution in [0.2, 0.25) is 0 Å². The summed E-state index contributed by atoms with van der Waals surface area (Å²) in [6.45, 7) is 0. The Bertz CT molecular complexity index is 606. The number of rotatable bonds is 1. The molecule has 0 atom stereocenters. The molecule has 0 aromatic heterocycles. The monoisotopic (exact) mass is 300 g/mol. The van der Waals surface area contributed by atoms with E-state index in [0.717, 1.165) is 0 Å². The second kappa shape index (κ2) is 4.63. The van der Waals surface area contributed by atoms with Crippen LogP contribution in [0.25, 0.3) is 0 Å². The third-order valence-corrected chi connectivity index (χ3v) is 2.22. The Morgan fingerprint density at radius 1 is 0.700 bits per heavy atom. The highest BCUT2D eigenvalue weighted by atomic mass is 19.4. The average Bonchev–Trinajstić information content (AvgIpc) is 2.34. The van der Waals surface area contributed by atoms with Gasteiger partial charge in [-0.1, -0.05) is 0 Å². The lowest BCUT2D eigenvalue weighted by atomic mass is 9.94. The lowest BCUT2D eigenvalue weighted by molar-refractivity contribution is -0.289. The summed E-state index contributed by atoms with van der Waals surface area (Å²) in [5.41, 5.74) is -6.71. The molecule has 2 nitrogen and oxygen atoms in total. The minimum absolute atomic E-state index is 0.572. The van der Waals surface area contributed by atoms with Crippen LogP contribution >= 0.6 is 0 Å². The van der Waals surface area contributed by atoms with Crippen LogP contribution in [0.4, 0.5) is 35.1 Å². The molecule has 0 aliphatic heterocycles. The predicted octanol–water partition coefficient (Wildman–Crippen LogP) is 3.50. The summed E-state index contributed by atoms with van der Waals surface area (Å²) < 4.78 is 102. The number of alkyl halides is 5. The van der Waals surface area contributed by atoms with Crippen LogP contribution in [0.3, 0.4) is 0 Å². The van der Waals surface area contributed by atoms with Crippen LogP contribution in [0, 0.1) is 40.1 Å². The van der Waals surface area contributed by atoms with Gasteiger partial charge in [-0.3, -0.25) is 0 Å². The van der Waals surface area contributed by atoms with Crippen LogP contribution in [0.15, 0.2) is 0 Å². The lowest BCUT2D eigenvalue weighted by Gasteiger charge is -2.22. The van der Waals surface area contributed by atoms with Gasteiger partial charge in [0.25, 0.3) is 0 Å². The van der Waals surface area contributed by atoms with E-state index in [4.69, 9.17) is 10.5 Å². The molecule has 1 aromatic rings. The van der Waals surface area contributed by atoms with Gasteiger partial charge < -0.3 is 0 Å². The molecule has 0 bridgehead atoms. The lowest BCUT2D eigenvalue weighted by Crippen LogP contribution is -2.36. The van der Waals surface area contributed by atoms with Crippen molar-refractivity contribution in [1.82, 2.24) is 0 Å². The molecule has 0 fully saturated rings. The van der Waals surface area contributed by atoms with Crippen molar-refractivity contribution in [3.8, 4) is 12.1 Å². The van der Waals surface area contributed by atoms with E-state index in [-0.39, 0.29) is 0 Å². The van der Waals surface area contributed by atoms with Gasteiger partial charge in [0.05, 0.1) is 5.56 Å². The average molecular weight is 300 g/mol. The van der Waals surface area contributed by atoms with Crippen LogP contribution in [0.1, 0.15) is 16.7 Å². The molecule has 0 aliphatic rings. The Kier molecular flexibility index (Phi) is 3.64. The minimum Gasteiger partial charge on any atom is -0.202 e. The van der Waals surface area contributed by atoms with Crippen molar-refractivity contribution in [2.24, 2.45) is 0 Å². The van der Waals surface area contributed by atoms with Crippen molar-refractivity contribution in [2.75, 3.05) is 0 Å². The molecule has 1 rings (SSSR count). The van der Waals surface area contributed by atoms with E-state index in [0.29, 0.717) is 12.1 Å². The van der Waals surface area contributed by atoms with Crippen molar-refractivity contribution in [3.63, 3.8) is 0 Å². The first-order valence-corrected chi connectivity index (χ1v) is 4.46. The first kappa shape index (κ1) is 15.7. The summed E-state index contributed by atoms with van der Waals surface area (Å²) in [4.78, 5) is 0. The van der Waals surface area contributed by atoms with Gasteiger partial charge in [-0.05, 0) is 0 Å². The summed E-state index contributed by atoms with van der Waals surface area (Å²) >= 11 is 0. The molecular weight excluding hydrogens is 300 g/mol. The maximum absolute atomic E-state index is 13.2. The van der Waals surface area contributed by atoms with Gasteiger partial charge in [-0.15, -0.1) is 0 Å². The van der Waals surface area contributed by atoms with E-state index >= 15 is 0 Å². The minimum atomic E-state index is -6.33. The molecule has 20 heavy (non-hydrogen) atoms. The molecule has 10 heteroatoms. The number of halogens is 8. The van der Waals surface area contributed by atoms with Gasteiger partial charge in [-0.25, -0.2) is 13.2 Å². The SMILES string of the molecule is N#Cc1c(F)c(F)c(F)c(C#N)c1C(F)(F)C(F)(F)F. The molecule has 0 saturated heterocycles. The van der Waals surface area contributed by atoms with Crippen LogP contribution in [0.5, 0.6) is 0 Å². The number of hydrogen-bond donors (Lipinski definition) is 0. The van der Waals surface area contributed by atoms with Gasteiger partial charge in [0.15, 0.2) is 17.5 Å². The Balaban J connectivity index is 3.99.